The zero-order valence-electron chi connectivity index (χ0n) is 11.9. The molecule has 4 heteroatoms. The molecule has 0 saturated carbocycles. The van der Waals surface area contributed by atoms with Crippen LogP contribution in [-0.2, 0) is 6.42 Å². The quantitative estimate of drug-likeness (QED) is 0.588. The van der Waals surface area contributed by atoms with Crippen LogP contribution in [-0.4, -0.2) is 15.8 Å². The van der Waals surface area contributed by atoms with Crippen LogP contribution in [0.3, 0.4) is 0 Å². The maximum atomic E-state index is 12.0. The van der Waals surface area contributed by atoms with Gasteiger partial charge < -0.3 is 0 Å². The Kier molecular flexibility index (Phi) is 5.64. The lowest BCUT2D eigenvalue weighted by atomic mass is 10.1. The van der Waals surface area contributed by atoms with Gasteiger partial charge >= 0.3 is 0 Å². The predicted octanol–water partition coefficient (Wildman–Crippen LogP) is 4.37. The van der Waals surface area contributed by atoms with E-state index in [0.29, 0.717) is 10.7 Å². The van der Waals surface area contributed by atoms with Crippen molar-refractivity contribution in [2.45, 2.75) is 26.2 Å². The van der Waals surface area contributed by atoms with Crippen LogP contribution < -0.4 is 0 Å². The summed E-state index contributed by atoms with van der Waals surface area (Å²) in [5.74, 6) is -0.153. The summed E-state index contributed by atoms with van der Waals surface area (Å²) in [4.78, 5) is 20.4. The summed E-state index contributed by atoms with van der Waals surface area (Å²) in [6.45, 7) is 2.13. The Morgan fingerprint density at radius 3 is 2.57 bits per heavy atom. The number of unbranched alkanes of at least 4 members (excludes halogenated alkanes) is 1. The summed E-state index contributed by atoms with van der Waals surface area (Å²) in [5.41, 5.74) is 2.20. The molecule has 0 saturated heterocycles. The number of halogens is 1. The number of allylic oxidation sites excluding steroid dienone is 1. The molecule has 1 aromatic heterocycles. The van der Waals surface area contributed by atoms with Gasteiger partial charge in [0.15, 0.2) is 0 Å². The van der Waals surface area contributed by atoms with E-state index in [9.17, 15) is 4.79 Å². The summed E-state index contributed by atoms with van der Waals surface area (Å²) < 4.78 is 0. The highest BCUT2D eigenvalue weighted by molar-refractivity contribution is 6.30. The molecule has 0 aliphatic heterocycles. The van der Waals surface area contributed by atoms with Crippen molar-refractivity contribution in [3.05, 3.63) is 64.7 Å². The Hall–Kier alpha value is -2.00. The largest absolute Gasteiger partial charge is 0.287 e. The van der Waals surface area contributed by atoms with E-state index >= 15 is 0 Å². The van der Waals surface area contributed by atoms with Crippen molar-refractivity contribution in [2.24, 2.45) is 0 Å². The molecule has 0 bridgehead atoms. The van der Waals surface area contributed by atoms with E-state index < -0.39 is 0 Å². The van der Waals surface area contributed by atoms with Gasteiger partial charge in [-0.3, -0.25) is 9.78 Å². The Morgan fingerprint density at radius 2 is 1.95 bits per heavy atom. The fourth-order valence-corrected chi connectivity index (χ4v) is 1.93. The molecule has 0 spiro atoms. The van der Waals surface area contributed by atoms with Gasteiger partial charge in [-0.05, 0) is 36.6 Å². The molecule has 0 atom stereocenters. The first-order chi connectivity index (χ1) is 10.2. The van der Waals surface area contributed by atoms with Gasteiger partial charge in [0.05, 0.1) is 11.9 Å². The highest BCUT2D eigenvalue weighted by atomic mass is 35.5. The number of hydrogen-bond donors (Lipinski definition) is 0. The van der Waals surface area contributed by atoms with E-state index in [1.165, 1.54) is 6.08 Å². The van der Waals surface area contributed by atoms with Gasteiger partial charge in [0.1, 0.15) is 5.69 Å². The van der Waals surface area contributed by atoms with Crippen molar-refractivity contribution in [1.82, 2.24) is 9.97 Å². The summed E-state index contributed by atoms with van der Waals surface area (Å²) >= 11 is 5.81. The van der Waals surface area contributed by atoms with E-state index in [0.717, 1.165) is 30.5 Å². The number of carbonyl (C=O) groups is 1. The molecule has 0 fully saturated rings. The summed E-state index contributed by atoms with van der Waals surface area (Å²) in [7, 11) is 0. The van der Waals surface area contributed by atoms with Crippen LogP contribution in [0.15, 0.2) is 42.7 Å². The predicted molar refractivity (Wildman–Crippen MR) is 85.5 cm³/mol. The van der Waals surface area contributed by atoms with E-state index in [-0.39, 0.29) is 5.78 Å². The molecule has 0 unspecified atom stereocenters. The second-order valence-electron chi connectivity index (χ2n) is 4.75. The smallest absolute Gasteiger partial charge is 0.205 e. The third-order valence-electron chi connectivity index (χ3n) is 3.04. The Morgan fingerprint density at radius 1 is 1.19 bits per heavy atom. The van der Waals surface area contributed by atoms with E-state index in [4.69, 9.17) is 11.6 Å². The van der Waals surface area contributed by atoms with E-state index in [1.807, 2.05) is 12.1 Å². The monoisotopic (exact) mass is 300 g/mol. The number of aryl methyl sites for hydroxylation is 1. The number of ketones is 1. The summed E-state index contributed by atoms with van der Waals surface area (Å²) in [5, 5.41) is 0.673. The average Bonchev–Trinajstić information content (AvgIpc) is 2.52. The van der Waals surface area contributed by atoms with Crippen molar-refractivity contribution in [3.63, 3.8) is 0 Å². The molecule has 0 aliphatic carbocycles. The minimum atomic E-state index is -0.153. The Bertz CT molecular complexity index is 618. The Balaban J connectivity index is 2.01. The molecule has 2 rings (SSSR count). The fourth-order valence-electron chi connectivity index (χ4n) is 1.80. The van der Waals surface area contributed by atoms with Crippen molar-refractivity contribution in [1.29, 1.82) is 0 Å². The maximum Gasteiger partial charge on any atom is 0.205 e. The molecule has 1 heterocycles. The molecule has 0 aliphatic rings. The second-order valence-corrected chi connectivity index (χ2v) is 5.18. The second kappa shape index (κ2) is 7.70. The number of rotatable bonds is 6. The van der Waals surface area contributed by atoms with Crippen molar-refractivity contribution in [2.75, 3.05) is 0 Å². The molecule has 0 amide bonds. The SMILES string of the molecule is CCCCc1cnc(C(=O)/C=C/c2ccc(Cl)cc2)cn1. The van der Waals surface area contributed by atoms with Crippen molar-refractivity contribution < 1.29 is 4.79 Å². The fraction of sp³-hybridized carbons (Fsp3) is 0.235. The minimum Gasteiger partial charge on any atom is -0.287 e. The third kappa shape index (κ3) is 4.80. The molecular weight excluding hydrogens is 284 g/mol. The van der Waals surface area contributed by atoms with Crippen LogP contribution in [0.25, 0.3) is 6.08 Å². The van der Waals surface area contributed by atoms with Gasteiger partial charge in [-0.25, -0.2) is 4.98 Å². The third-order valence-corrected chi connectivity index (χ3v) is 3.29. The number of benzene rings is 1. The average molecular weight is 301 g/mol. The van der Waals surface area contributed by atoms with E-state index in [1.54, 1.807) is 30.6 Å². The van der Waals surface area contributed by atoms with Crippen molar-refractivity contribution >= 4 is 23.5 Å². The first-order valence-electron chi connectivity index (χ1n) is 6.98. The van der Waals surface area contributed by atoms with Gasteiger partial charge in [-0.2, -0.15) is 0 Å². The topological polar surface area (TPSA) is 42.9 Å². The van der Waals surface area contributed by atoms with Gasteiger partial charge in [-0.1, -0.05) is 43.2 Å². The number of nitrogens with zero attached hydrogens (tertiary/aromatic N) is 2. The Labute approximate surface area is 129 Å². The highest BCUT2D eigenvalue weighted by Crippen LogP contribution is 2.11. The van der Waals surface area contributed by atoms with Crippen LogP contribution in [0.2, 0.25) is 5.02 Å². The van der Waals surface area contributed by atoms with Gasteiger partial charge in [0.25, 0.3) is 0 Å². The molecule has 108 valence electrons. The molecule has 1 aromatic carbocycles. The van der Waals surface area contributed by atoms with Crippen LogP contribution >= 0.6 is 11.6 Å². The zero-order valence-corrected chi connectivity index (χ0v) is 12.7. The zero-order chi connectivity index (χ0) is 15.1. The highest BCUT2D eigenvalue weighted by Gasteiger charge is 2.04. The van der Waals surface area contributed by atoms with Crippen LogP contribution in [0.5, 0.6) is 0 Å². The maximum absolute atomic E-state index is 12.0. The molecule has 21 heavy (non-hydrogen) atoms. The number of hydrogen-bond acceptors (Lipinski definition) is 3. The molecule has 2 aromatic rings. The summed E-state index contributed by atoms with van der Waals surface area (Å²) in [6.07, 6.45) is 9.56. The number of aromatic nitrogens is 2. The lowest BCUT2D eigenvalue weighted by Crippen LogP contribution is -2.01. The lowest BCUT2D eigenvalue weighted by Gasteiger charge is -1.99. The molecule has 0 radical (unpaired) electrons. The summed E-state index contributed by atoms with van der Waals surface area (Å²) in [6, 6.07) is 7.28. The molecule has 3 nitrogen and oxygen atoms in total. The van der Waals surface area contributed by atoms with Crippen LogP contribution in [0.1, 0.15) is 41.5 Å². The van der Waals surface area contributed by atoms with Crippen LogP contribution in [0.4, 0.5) is 0 Å². The van der Waals surface area contributed by atoms with Crippen LogP contribution in [0, 0.1) is 0 Å². The first-order valence-corrected chi connectivity index (χ1v) is 7.35. The number of carbonyl (C=O) groups excluding carboxylic acids is 1. The van der Waals surface area contributed by atoms with Gasteiger partial charge in [-0.15, -0.1) is 0 Å². The molecular formula is C17H17ClN2O. The molecule has 0 N–H and O–H groups in total. The minimum absolute atomic E-state index is 0.153. The first kappa shape index (κ1) is 15.4. The van der Waals surface area contributed by atoms with E-state index in [2.05, 4.69) is 16.9 Å². The standard InChI is InChI=1S/C17H17ClN2O/c1-2-3-4-15-11-20-16(12-19-15)17(21)10-7-13-5-8-14(18)9-6-13/h5-12H,2-4H2,1H3/b10-7+. The van der Waals surface area contributed by atoms with Gasteiger partial charge in [0.2, 0.25) is 5.78 Å². The van der Waals surface area contributed by atoms with Gasteiger partial charge in [0, 0.05) is 11.2 Å². The lowest BCUT2D eigenvalue weighted by molar-refractivity contribution is 0.104. The van der Waals surface area contributed by atoms with Crippen molar-refractivity contribution in [3.8, 4) is 0 Å². The normalized spacial score (nSPS) is 11.0.